The highest BCUT2D eigenvalue weighted by atomic mass is 35.5. The molecule has 1 saturated carbocycles. The van der Waals surface area contributed by atoms with Crippen molar-refractivity contribution in [2.75, 3.05) is 6.61 Å². The summed E-state index contributed by atoms with van der Waals surface area (Å²) < 4.78 is 18.0. The number of rotatable bonds is 2. The number of nitrogens with two attached hydrogens (primary N) is 1. The molecule has 0 saturated heterocycles. The molecule has 0 bridgehead atoms. The molecule has 2 atom stereocenters. The molecule has 1 fully saturated rings. The molecule has 0 spiro atoms. The molecular formula is C17H15Cl4NO4S. The number of ether oxygens (including phenoxy) is 3. The Balaban J connectivity index is 1.94. The van der Waals surface area contributed by atoms with Gasteiger partial charge in [0.05, 0.1) is 21.7 Å². The summed E-state index contributed by atoms with van der Waals surface area (Å²) in [5, 5.41) is 0.643. The van der Waals surface area contributed by atoms with Gasteiger partial charge in [-0.1, -0.05) is 58.2 Å². The van der Waals surface area contributed by atoms with Gasteiger partial charge in [0.15, 0.2) is 17.1 Å². The molecule has 1 aliphatic carbocycles. The van der Waals surface area contributed by atoms with Gasteiger partial charge in [-0.25, -0.2) is 4.79 Å². The molecule has 0 aromatic heterocycles. The summed E-state index contributed by atoms with van der Waals surface area (Å²) in [6.07, 6.45) is 2.82. The van der Waals surface area contributed by atoms with Crippen molar-refractivity contribution in [3.05, 3.63) is 30.7 Å². The van der Waals surface area contributed by atoms with Gasteiger partial charge in [-0.15, -0.1) is 0 Å². The minimum Gasteiger partial charge on any atom is -0.471 e. The van der Waals surface area contributed by atoms with Crippen molar-refractivity contribution in [2.24, 2.45) is 5.73 Å². The number of carbonyl (C=O) groups excluding carboxylic acids is 1. The second-order valence-corrected chi connectivity index (χ2v) is 9.28. The van der Waals surface area contributed by atoms with Gasteiger partial charge in [0, 0.05) is 6.42 Å². The van der Waals surface area contributed by atoms with Crippen molar-refractivity contribution in [2.45, 2.75) is 43.1 Å². The Morgan fingerprint density at radius 1 is 1.07 bits per heavy atom. The Kier molecular flexibility index (Phi) is 4.87. The molecule has 10 heteroatoms. The van der Waals surface area contributed by atoms with Crippen LogP contribution < -0.4 is 15.2 Å². The fraction of sp³-hybridized carbons (Fsp3) is 0.471. The fourth-order valence-corrected chi connectivity index (χ4v) is 6.30. The molecule has 146 valence electrons. The van der Waals surface area contributed by atoms with Crippen LogP contribution in [0.3, 0.4) is 0 Å². The van der Waals surface area contributed by atoms with Gasteiger partial charge in [-0.3, -0.25) is 0 Å². The molecule has 2 heterocycles. The summed E-state index contributed by atoms with van der Waals surface area (Å²) >= 11 is 26.4. The minimum atomic E-state index is -1.14. The molecule has 0 radical (unpaired) electrons. The highest BCUT2D eigenvalue weighted by molar-refractivity contribution is 8.04. The lowest BCUT2D eigenvalue weighted by Crippen LogP contribution is -2.62. The van der Waals surface area contributed by atoms with Crippen molar-refractivity contribution < 1.29 is 19.0 Å². The Morgan fingerprint density at radius 2 is 1.67 bits per heavy atom. The van der Waals surface area contributed by atoms with Gasteiger partial charge < -0.3 is 19.9 Å². The lowest BCUT2D eigenvalue weighted by Gasteiger charge is -2.51. The molecule has 27 heavy (non-hydrogen) atoms. The number of thioether (sulfide) groups is 1. The Bertz CT molecular complexity index is 892. The average Bonchev–Trinajstić information content (AvgIpc) is 2.91. The summed E-state index contributed by atoms with van der Waals surface area (Å²) in [5.41, 5.74) is 5.38. The van der Waals surface area contributed by atoms with E-state index < -0.39 is 16.5 Å². The molecular weight excluding hydrogens is 456 g/mol. The van der Waals surface area contributed by atoms with E-state index in [0.717, 1.165) is 12.8 Å². The van der Waals surface area contributed by atoms with Crippen molar-refractivity contribution in [1.82, 2.24) is 0 Å². The Hall–Kier alpha value is -0.660. The van der Waals surface area contributed by atoms with Gasteiger partial charge in [0.1, 0.15) is 15.6 Å². The number of hydrogen-bond donors (Lipinski definition) is 1. The first-order valence-electron chi connectivity index (χ1n) is 8.38. The highest BCUT2D eigenvalue weighted by Gasteiger charge is 2.69. The van der Waals surface area contributed by atoms with E-state index in [9.17, 15) is 4.79 Å². The maximum absolute atomic E-state index is 12.7. The molecule has 5 nitrogen and oxygen atoms in total. The summed E-state index contributed by atoms with van der Waals surface area (Å²) in [7, 11) is 0. The van der Waals surface area contributed by atoms with Gasteiger partial charge in [-0.05, 0) is 26.2 Å². The minimum absolute atomic E-state index is 0.0608. The quantitative estimate of drug-likeness (QED) is 0.346. The van der Waals surface area contributed by atoms with E-state index in [4.69, 9.17) is 66.3 Å². The van der Waals surface area contributed by atoms with Crippen molar-refractivity contribution >= 4 is 64.1 Å². The first kappa shape index (κ1) is 19.6. The third-order valence-electron chi connectivity index (χ3n) is 5.03. The van der Waals surface area contributed by atoms with Crippen LogP contribution in [-0.2, 0) is 9.53 Å². The second kappa shape index (κ2) is 6.70. The van der Waals surface area contributed by atoms with E-state index >= 15 is 0 Å². The van der Waals surface area contributed by atoms with Crippen molar-refractivity contribution in [3.8, 4) is 11.5 Å². The van der Waals surface area contributed by atoms with Crippen LogP contribution >= 0.6 is 58.2 Å². The van der Waals surface area contributed by atoms with Crippen LogP contribution in [0, 0.1) is 0 Å². The largest absolute Gasteiger partial charge is 0.471 e. The van der Waals surface area contributed by atoms with Gasteiger partial charge in [0.25, 0.3) is 0 Å². The predicted octanol–water partition coefficient (Wildman–Crippen LogP) is 5.56. The van der Waals surface area contributed by atoms with Crippen LogP contribution in [0.1, 0.15) is 32.6 Å². The lowest BCUT2D eigenvalue weighted by molar-refractivity contribution is -0.146. The van der Waals surface area contributed by atoms with Crippen LogP contribution in [0.25, 0.3) is 0 Å². The third-order valence-corrected chi connectivity index (χ3v) is 8.17. The molecule has 2 aliphatic heterocycles. The number of fused-ring (bicyclic) bond motifs is 1. The van der Waals surface area contributed by atoms with Crippen molar-refractivity contribution in [1.29, 1.82) is 0 Å². The normalized spacial score (nSPS) is 28.6. The average molecular weight is 471 g/mol. The molecule has 2 N–H and O–H groups in total. The first-order valence-corrected chi connectivity index (χ1v) is 10.7. The van der Waals surface area contributed by atoms with Crippen LogP contribution in [0.15, 0.2) is 10.6 Å². The van der Waals surface area contributed by atoms with Gasteiger partial charge >= 0.3 is 5.97 Å². The summed E-state index contributed by atoms with van der Waals surface area (Å²) in [4.78, 5) is 11.8. The predicted molar refractivity (Wildman–Crippen MR) is 107 cm³/mol. The summed E-state index contributed by atoms with van der Waals surface area (Å²) in [5.74, 6) is -0.162. The topological polar surface area (TPSA) is 70.8 Å². The van der Waals surface area contributed by atoms with Gasteiger partial charge in [-0.2, -0.15) is 0 Å². The Morgan fingerprint density at radius 3 is 2.30 bits per heavy atom. The Labute approximate surface area is 180 Å². The number of esters is 1. The molecule has 1 aromatic rings. The number of hydrogen-bond acceptors (Lipinski definition) is 6. The first-order chi connectivity index (χ1) is 12.8. The number of carbonyl (C=O) groups is 1. The maximum atomic E-state index is 12.7. The SMILES string of the molecule is CCOC(=O)C1=C(N)S[C@]23CCCC[C@]12Oc1c(Cl)c(Cl)c(Cl)c(Cl)c1O3. The third kappa shape index (κ3) is 2.57. The zero-order chi connectivity index (χ0) is 19.6. The van der Waals surface area contributed by atoms with Crippen molar-refractivity contribution in [3.63, 3.8) is 0 Å². The van der Waals surface area contributed by atoms with E-state index in [2.05, 4.69) is 0 Å². The zero-order valence-electron chi connectivity index (χ0n) is 14.2. The highest BCUT2D eigenvalue weighted by Crippen LogP contribution is 2.66. The monoisotopic (exact) mass is 469 g/mol. The lowest BCUT2D eigenvalue weighted by atomic mass is 9.75. The standard InChI is InChI=1S/C17H15Cl4NO4S/c1-2-24-15(23)7-14(22)27-17-6-4-3-5-16(7,17)25-12-10(20)8(18)9(19)11(21)13(12)26-17/h2-6,22H2,1H3/t16-,17+/m0/s1. The van der Waals surface area contributed by atoms with Crippen LogP contribution in [0.4, 0.5) is 0 Å². The van der Waals surface area contributed by atoms with Crippen LogP contribution in [0.2, 0.25) is 20.1 Å². The number of halogens is 4. The van der Waals surface area contributed by atoms with E-state index in [1.165, 1.54) is 11.8 Å². The fourth-order valence-electron chi connectivity index (χ4n) is 3.92. The van der Waals surface area contributed by atoms with Crippen LogP contribution in [0.5, 0.6) is 11.5 Å². The van der Waals surface area contributed by atoms with Crippen LogP contribution in [-0.4, -0.2) is 23.1 Å². The molecule has 1 aromatic carbocycles. The molecule has 3 aliphatic rings. The smallest absolute Gasteiger partial charge is 0.340 e. The van der Waals surface area contributed by atoms with Gasteiger partial charge in [0.2, 0.25) is 4.93 Å². The maximum Gasteiger partial charge on any atom is 0.340 e. The summed E-state index contributed by atoms with van der Waals surface area (Å²) in [6.45, 7) is 1.95. The summed E-state index contributed by atoms with van der Waals surface area (Å²) in [6, 6.07) is 0. The van der Waals surface area contributed by atoms with E-state index in [0.29, 0.717) is 17.9 Å². The molecule has 0 unspecified atom stereocenters. The number of benzene rings is 1. The zero-order valence-corrected chi connectivity index (χ0v) is 18.0. The van der Waals surface area contributed by atoms with E-state index in [-0.39, 0.29) is 43.8 Å². The molecule has 4 rings (SSSR count). The molecule has 0 amide bonds. The van der Waals surface area contributed by atoms with E-state index in [1.54, 1.807) is 6.92 Å². The van der Waals surface area contributed by atoms with E-state index in [1.807, 2.05) is 0 Å². The second-order valence-electron chi connectivity index (χ2n) is 6.47.